The van der Waals surface area contributed by atoms with Gasteiger partial charge < -0.3 is 9.47 Å². The van der Waals surface area contributed by atoms with Crippen molar-refractivity contribution in [3.63, 3.8) is 0 Å². The summed E-state index contributed by atoms with van der Waals surface area (Å²) in [6.45, 7) is 14.2. The van der Waals surface area contributed by atoms with E-state index < -0.39 is 11.7 Å². The van der Waals surface area contributed by atoms with Gasteiger partial charge in [0.15, 0.2) is 0 Å². The summed E-state index contributed by atoms with van der Waals surface area (Å²) in [6.07, 6.45) is -0.238. The highest BCUT2D eigenvalue weighted by molar-refractivity contribution is 5.97. The van der Waals surface area contributed by atoms with Crippen LogP contribution < -0.4 is 0 Å². The van der Waals surface area contributed by atoms with Crippen LogP contribution in [0.15, 0.2) is 48.5 Å². The van der Waals surface area contributed by atoms with Crippen LogP contribution in [0.1, 0.15) is 59.6 Å². The Morgan fingerprint density at radius 1 is 0.938 bits per heavy atom. The zero-order valence-electron chi connectivity index (χ0n) is 20.1. The lowest BCUT2D eigenvalue weighted by molar-refractivity contribution is -0.142. The Hall–Kier alpha value is -3.08. The summed E-state index contributed by atoms with van der Waals surface area (Å²) in [5, 5.41) is 0.869. The summed E-state index contributed by atoms with van der Waals surface area (Å²) in [5.41, 5.74) is 3.81. The molecule has 0 amide bonds. The van der Waals surface area contributed by atoms with Crippen LogP contribution in [0.25, 0.3) is 22.2 Å². The van der Waals surface area contributed by atoms with Gasteiger partial charge >= 0.3 is 12.1 Å². The van der Waals surface area contributed by atoms with E-state index in [0.29, 0.717) is 6.61 Å². The Balaban J connectivity index is 2.16. The summed E-state index contributed by atoms with van der Waals surface area (Å²) in [6, 6.07) is 15.9. The van der Waals surface area contributed by atoms with E-state index in [0.717, 1.165) is 27.7 Å². The number of hydrogen-bond donors (Lipinski definition) is 0. The second-order valence-corrected chi connectivity index (χ2v) is 10.1. The number of rotatable bonds is 4. The number of nitrogens with zero attached hydrogens (tertiary/aromatic N) is 1. The molecule has 0 spiro atoms. The van der Waals surface area contributed by atoms with Crippen LogP contribution >= 0.6 is 0 Å². The fraction of sp³-hybridized carbons (Fsp3) is 0.407. The molecule has 1 heterocycles. The molecule has 3 rings (SSSR count). The Morgan fingerprint density at radius 2 is 1.66 bits per heavy atom. The summed E-state index contributed by atoms with van der Waals surface area (Å²) >= 11 is 0. The first-order valence-corrected chi connectivity index (χ1v) is 11.0. The molecule has 0 aliphatic rings. The van der Waals surface area contributed by atoms with Crippen LogP contribution in [-0.4, -0.2) is 28.8 Å². The van der Waals surface area contributed by atoms with Crippen molar-refractivity contribution in [3.8, 4) is 11.3 Å². The van der Waals surface area contributed by atoms with Crippen molar-refractivity contribution in [1.82, 2.24) is 4.57 Å². The smallest absolute Gasteiger partial charge is 0.419 e. The topological polar surface area (TPSA) is 57.5 Å². The maximum atomic E-state index is 13.2. The molecule has 0 aliphatic heterocycles. The number of carbonyl (C=O) groups excluding carboxylic acids is 2. The summed E-state index contributed by atoms with van der Waals surface area (Å²) in [4.78, 5) is 25.2. The molecular weight excluding hydrogens is 402 g/mol. The third-order valence-electron chi connectivity index (χ3n) is 5.12. The van der Waals surface area contributed by atoms with Crippen LogP contribution in [0.4, 0.5) is 4.79 Å². The van der Waals surface area contributed by atoms with E-state index >= 15 is 0 Å². The number of hydrogen-bond acceptors (Lipinski definition) is 4. The number of benzene rings is 2. The molecule has 0 saturated heterocycles. The van der Waals surface area contributed by atoms with Crippen LogP contribution in [0.3, 0.4) is 0 Å². The van der Waals surface area contributed by atoms with E-state index in [1.54, 1.807) is 11.5 Å². The van der Waals surface area contributed by atoms with Crippen molar-refractivity contribution < 1.29 is 19.1 Å². The number of esters is 1. The van der Waals surface area contributed by atoms with E-state index in [1.165, 1.54) is 5.56 Å². The van der Waals surface area contributed by atoms with Crippen LogP contribution in [0.5, 0.6) is 0 Å². The minimum absolute atomic E-state index is 0.0222. The van der Waals surface area contributed by atoms with Gasteiger partial charge in [-0.2, -0.15) is 0 Å². The van der Waals surface area contributed by atoms with E-state index in [4.69, 9.17) is 9.47 Å². The van der Waals surface area contributed by atoms with Crippen molar-refractivity contribution >= 4 is 23.0 Å². The molecule has 32 heavy (non-hydrogen) atoms. The van der Waals surface area contributed by atoms with Crippen molar-refractivity contribution in [3.05, 3.63) is 59.7 Å². The molecule has 0 unspecified atom stereocenters. The third kappa shape index (κ3) is 5.39. The van der Waals surface area contributed by atoms with E-state index in [9.17, 15) is 9.59 Å². The normalized spacial score (nSPS) is 12.1. The maximum Gasteiger partial charge on any atom is 0.419 e. The summed E-state index contributed by atoms with van der Waals surface area (Å²) in [5.74, 6) is -0.267. The van der Waals surface area contributed by atoms with Crippen molar-refractivity contribution in [2.45, 2.75) is 65.9 Å². The van der Waals surface area contributed by atoms with E-state index in [-0.39, 0.29) is 17.8 Å². The largest absolute Gasteiger partial charge is 0.466 e. The molecule has 1 aromatic heterocycles. The first-order valence-electron chi connectivity index (χ1n) is 11.0. The number of carbonyl (C=O) groups is 2. The van der Waals surface area contributed by atoms with Gasteiger partial charge in [0.25, 0.3) is 0 Å². The molecule has 0 fully saturated rings. The Morgan fingerprint density at radius 3 is 2.28 bits per heavy atom. The molecule has 0 atom stereocenters. The molecule has 0 saturated carbocycles. The quantitative estimate of drug-likeness (QED) is 0.439. The lowest BCUT2D eigenvalue weighted by Crippen LogP contribution is -2.27. The lowest BCUT2D eigenvalue weighted by atomic mass is 9.86. The second kappa shape index (κ2) is 8.81. The average Bonchev–Trinajstić information content (AvgIpc) is 3.05. The predicted octanol–water partition coefficient (Wildman–Crippen LogP) is 6.49. The molecule has 0 aliphatic carbocycles. The van der Waals surface area contributed by atoms with Gasteiger partial charge in [0.1, 0.15) is 5.60 Å². The zero-order chi connectivity index (χ0) is 23.7. The standard InChI is InChI=1S/C27H33NO4/c1-8-31-24(29)15-18-12-13-22-20(14-18)17-23(28(22)25(30)32-27(5,6)7)19-10-9-11-21(16-19)26(2,3)4/h9-14,16-17H,8,15H2,1-7H3. The Bertz CT molecular complexity index is 1140. The molecule has 5 nitrogen and oxygen atoms in total. The minimum atomic E-state index is -0.623. The number of fused-ring (bicyclic) bond motifs is 1. The van der Waals surface area contributed by atoms with Crippen molar-refractivity contribution in [2.75, 3.05) is 6.61 Å². The highest BCUT2D eigenvalue weighted by Crippen LogP contribution is 2.33. The highest BCUT2D eigenvalue weighted by atomic mass is 16.6. The Labute approximate surface area is 190 Å². The molecule has 3 aromatic rings. The van der Waals surface area contributed by atoms with E-state index in [1.807, 2.05) is 57.2 Å². The SMILES string of the molecule is CCOC(=O)Cc1ccc2c(c1)cc(-c1cccc(C(C)(C)C)c1)n2C(=O)OC(C)(C)C. The average molecular weight is 436 g/mol. The molecule has 5 heteroatoms. The fourth-order valence-electron chi connectivity index (χ4n) is 3.62. The molecule has 0 bridgehead atoms. The van der Waals surface area contributed by atoms with Gasteiger partial charge in [0.2, 0.25) is 0 Å². The third-order valence-corrected chi connectivity index (χ3v) is 5.12. The first-order chi connectivity index (χ1) is 14.9. The van der Waals surface area contributed by atoms with Crippen molar-refractivity contribution in [1.29, 1.82) is 0 Å². The Kier molecular flexibility index (Phi) is 6.49. The second-order valence-electron chi connectivity index (χ2n) is 10.1. The maximum absolute atomic E-state index is 13.2. The summed E-state index contributed by atoms with van der Waals surface area (Å²) < 4.78 is 12.4. The molecular formula is C27H33NO4. The zero-order valence-corrected chi connectivity index (χ0v) is 20.1. The van der Waals surface area contributed by atoms with Gasteiger partial charge in [-0.3, -0.25) is 4.79 Å². The lowest BCUT2D eigenvalue weighted by Gasteiger charge is -2.22. The number of aromatic nitrogens is 1. The highest BCUT2D eigenvalue weighted by Gasteiger charge is 2.24. The van der Waals surface area contributed by atoms with Gasteiger partial charge in [0, 0.05) is 5.39 Å². The van der Waals surface area contributed by atoms with Crippen molar-refractivity contribution in [2.24, 2.45) is 0 Å². The molecule has 0 radical (unpaired) electrons. The minimum Gasteiger partial charge on any atom is -0.466 e. The molecule has 2 aromatic carbocycles. The molecule has 0 N–H and O–H groups in total. The van der Waals surface area contributed by atoms with Gasteiger partial charge in [-0.25, -0.2) is 9.36 Å². The molecule has 170 valence electrons. The van der Waals surface area contributed by atoms with Gasteiger partial charge in [-0.1, -0.05) is 45.0 Å². The predicted molar refractivity (Wildman–Crippen MR) is 128 cm³/mol. The van der Waals surface area contributed by atoms with Crippen LogP contribution in [-0.2, 0) is 26.1 Å². The number of ether oxygens (including phenoxy) is 2. The van der Waals surface area contributed by atoms with Gasteiger partial charge in [0.05, 0.1) is 24.2 Å². The van der Waals surface area contributed by atoms with Gasteiger partial charge in [-0.05, 0) is 74.1 Å². The van der Waals surface area contributed by atoms with Crippen LogP contribution in [0.2, 0.25) is 0 Å². The summed E-state index contributed by atoms with van der Waals surface area (Å²) in [7, 11) is 0. The van der Waals surface area contributed by atoms with Crippen LogP contribution in [0, 0.1) is 0 Å². The fourth-order valence-corrected chi connectivity index (χ4v) is 3.62. The monoisotopic (exact) mass is 435 g/mol. The first kappa shape index (κ1) is 23.6. The van der Waals surface area contributed by atoms with Gasteiger partial charge in [-0.15, -0.1) is 0 Å². The van der Waals surface area contributed by atoms with E-state index in [2.05, 4.69) is 32.9 Å².